The van der Waals surface area contributed by atoms with Gasteiger partial charge >= 0.3 is 5.97 Å². The summed E-state index contributed by atoms with van der Waals surface area (Å²) in [4.78, 5) is 24.0. The van der Waals surface area contributed by atoms with E-state index in [0.717, 1.165) is 12.8 Å². The monoisotopic (exact) mass is 284 g/mol. The van der Waals surface area contributed by atoms with Crippen molar-refractivity contribution in [3.63, 3.8) is 0 Å². The van der Waals surface area contributed by atoms with E-state index >= 15 is 0 Å². The second kappa shape index (κ2) is 5.85. The number of likely N-dealkylation sites (tertiary alicyclic amines) is 1. The zero-order valence-corrected chi connectivity index (χ0v) is 10.7. The number of carboxylic acids is 1. The lowest BCUT2D eigenvalue weighted by Crippen LogP contribution is -2.33. The summed E-state index contributed by atoms with van der Waals surface area (Å²) in [6, 6.07) is 1.43. The third-order valence-electron chi connectivity index (χ3n) is 3.16. The standard InChI is InChI=1S/C13H14F2N2O3/c14-9-5-8(13(19)20)6-10(15)12(9)16-7-11(18)17-3-1-2-4-17/h5-6,16H,1-4,7H2,(H,19,20). The van der Waals surface area contributed by atoms with Crippen molar-refractivity contribution in [1.29, 1.82) is 0 Å². The van der Waals surface area contributed by atoms with Crippen molar-refractivity contribution in [2.45, 2.75) is 12.8 Å². The predicted octanol–water partition coefficient (Wildman–Crippen LogP) is 1.70. The molecule has 2 N–H and O–H groups in total. The third-order valence-corrected chi connectivity index (χ3v) is 3.16. The van der Waals surface area contributed by atoms with Gasteiger partial charge in [0, 0.05) is 13.1 Å². The molecule has 7 heteroatoms. The predicted molar refractivity (Wildman–Crippen MR) is 67.6 cm³/mol. The number of anilines is 1. The lowest BCUT2D eigenvalue weighted by Gasteiger charge is -2.16. The molecule has 1 aromatic rings. The van der Waals surface area contributed by atoms with E-state index in [1.165, 1.54) is 0 Å². The maximum absolute atomic E-state index is 13.6. The number of hydrogen-bond donors (Lipinski definition) is 2. The molecule has 1 heterocycles. The number of hydrogen-bond acceptors (Lipinski definition) is 3. The molecule has 1 aromatic carbocycles. The minimum absolute atomic E-state index is 0.222. The molecule has 0 radical (unpaired) electrons. The number of rotatable bonds is 4. The topological polar surface area (TPSA) is 69.6 Å². The number of benzene rings is 1. The first-order chi connectivity index (χ1) is 9.49. The van der Waals surface area contributed by atoms with Crippen LogP contribution in [-0.2, 0) is 4.79 Å². The van der Waals surface area contributed by atoms with Crippen molar-refractivity contribution >= 4 is 17.6 Å². The van der Waals surface area contributed by atoms with Gasteiger partial charge in [0.1, 0.15) is 17.3 Å². The van der Waals surface area contributed by atoms with Crippen LogP contribution in [0.1, 0.15) is 23.2 Å². The Kier molecular flexibility index (Phi) is 4.16. The Morgan fingerprint density at radius 1 is 1.20 bits per heavy atom. The van der Waals surface area contributed by atoms with Crippen LogP contribution in [0.5, 0.6) is 0 Å². The molecule has 2 rings (SSSR count). The van der Waals surface area contributed by atoms with Crippen LogP contribution in [0.15, 0.2) is 12.1 Å². The quantitative estimate of drug-likeness (QED) is 0.883. The van der Waals surface area contributed by atoms with Crippen molar-refractivity contribution in [2.75, 3.05) is 25.0 Å². The van der Waals surface area contributed by atoms with Crippen LogP contribution >= 0.6 is 0 Å². The van der Waals surface area contributed by atoms with Crippen LogP contribution in [0.4, 0.5) is 14.5 Å². The first kappa shape index (κ1) is 14.2. The molecule has 1 amide bonds. The molecule has 20 heavy (non-hydrogen) atoms. The molecule has 1 fully saturated rings. The van der Waals surface area contributed by atoms with E-state index < -0.39 is 28.9 Å². The van der Waals surface area contributed by atoms with E-state index in [0.29, 0.717) is 25.2 Å². The maximum Gasteiger partial charge on any atom is 0.335 e. The van der Waals surface area contributed by atoms with E-state index in [1.54, 1.807) is 4.90 Å². The van der Waals surface area contributed by atoms with E-state index in [9.17, 15) is 18.4 Å². The Morgan fingerprint density at radius 3 is 2.25 bits per heavy atom. The molecule has 0 aliphatic carbocycles. The van der Waals surface area contributed by atoms with Crippen molar-refractivity contribution in [2.24, 2.45) is 0 Å². The lowest BCUT2D eigenvalue weighted by molar-refractivity contribution is -0.128. The highest BCUT2D eigenvalue weighted by Gasteiger charge is 2.19. The second-order valence-corrected chi connectivity index (χ2v) is 4.56. The highest BCUT2D eigenvalue weighted by atomic mass is 19.1. The second-order valence-electron chi connectivity index (χ2n) is 4.56. The minimum atomic E-state index is -1.41. The van der Waals surface area contributed by atoms with Crippen LogP contribution in [-0.4, -0.2) is 41.5 Å². The Morgan fingerprint density at radius 2 is 1.75 bits per heavy atom. The molecule has 1 saturated heterocycles. The summed E-state index contributed by atoms with van der Waals surface area (Å²) in [5, 5.41) is 11.1. The lowest BCUT2D eigenvalue weighted by atomic mass is 10.2. The number of aromatic carboxylic acids is 1. The van der Waals surface area contributed by atoms with Crippen molar-refractivity contribution in [1.82, 2.24) is 4.90 Å². The fourth-order valence-corrected chi connectivity index (χ4v) is 2.11. The number of carbonyl (C=O) groups is 2. The summed E-state index contributed by atoms with van der Waals surface area (Å²) >= 11 is 0. The minimum Gasteiger partial charge on any atom is -0.478 e. The summed E-state index contributed by atoms with van der Waals surface area (Å²) in [6.45, 7) is 1.09. The van der Waals surface area contributed by atoms with Crippen molar-refractivity contribution in [3.05, 3.63) is 29.3 Å². The highest BCUT2D eigenvalue weighted by molar-refractivity contribution is 5.88. The number of carboxylic acid groups (broad SMARTS) is 1. The smallest absolute Gasteiger partial charge is 0.335 e. The van der Waals surface area contributed by atoms with Gasteiger partial charge in [-0.1, -0.05) is 0 Å². The number of carbonyl (C=O) groups excluding carboxylic acids is 1. The Balaban J connectivity index is 2.05. The Bertz CT molecular complexity index is 519. The van der Waals surface area contributed by atoms with Gasteiger partial charge < -0.3 is 15.3 Å². The molecule has 0 aromatic heterocycles. The fraction of sp³-hybridized carbons (Fsp3) is 0.385. The van der Waals surface area contributed by atoms with E-state index in [4.69, 9.17) is 5.11 Å². The number of nitrogens with zero attached hydrogens (tertiary/aromatic N) is 1. The van der Waals surface area contributed by atoms with Gasteiger partial charge in [-0.25, -0.2) is 13.6 Å². The molecule has 0 atom stereocenters. The average molecular weight is 284 g/mol. The maximum atomic E-state index is 13.6. The normalized spacial score (nSPS) is 14.4. The number of amides is 1. The molecule has 5 nitrogen and oxygen atoms in total. The van der Waals surface area contributed by atoms with E-state index in [-0.39, 0.29) is 12.5 Å². The van der Waals surface area contributed by atoms with E-state index in [1.807, 2.05) is 0 Å². The van der Waals surface area contributed by atoms with Crippen LogP contribution in [0.25, 0.3) is 0 Å². The Hall–Kier alpha value is -2.18. The first-order valence-corrected chi connectivity index (χ1v) is 6.23. The third kappa shape index (κ3) is 3.04. The molecular weight excluding hydrogens is 270 g/mol. The molecule has 1 aliphatic rings. The summed E-state index contributed by atoms with van der Waals surface area (Å²) in [7, 11) is 0. The van der Waals surface area contributed by atoms with Crippen LogP contribution in [0, 0.1) is 11.6 Å². The molecule has 0 saturated carbocycles. The number of nitrogens with one attached hydrogen (secondary N) is 1. The van der Waals surface area contributed by atoms with Gasteiger partial charge in [0.15, 0.2) is 0 Å². The summed E-state index contributed by atoms with van der Waals surface area (Å²) in [5.74, 6) is -3.71. The average Bonchev–Trinajstić information content (AvgIpc) is 2.91. The van der Waals surface area contributed by atoms with Crippen molar-refractivity contribution < 1.29 is 23.5 Å². The molecule has 0 unspecified atom stereocenters. The van der Waals surface area contributed by atoms with Crippen LogP contribution in [0.3, 0.4) is 0 Å². The number of halogens is 2. The highest BCUT2D eigenvalue weighted by Crippen LogP contribution is 2.21. The van der Waals surface area contributed by atoms with Gasteiger partial charge in [0.05, 0.1) is 12.1 Å². The van der Waals surface area contributed by atoms with Crippen LogP contribution < -0.4 is 5.32 Å². The van der Waals surface area contributed by atoms with Gasteiger partial charge in [-0.15, -0.1) is 0 Å². The van der Waals surface area contributed by atoms with Gasteiger partial charge in [-0.3, -0.25) is 4.79 Å². The van der Waals surface area contributed by atoms with Gasteiger partial charge in [-0.05, 0) is 25.0 Å². The summed E-state index contributed by atoms with van der Waals surface area (Å²) in [5.41, 5.74) is -0.959. The van der Waals surface area contributed by atoms with Gasteiger partial charge in [-0.2, -0.15) is 0 Å². The van der Waals surface area contributed by atoms with Crippen LogP contribution in [0.2, 0.25) is 0 Å². The van der Waals surface area contributed by atoms with Gasteiger partial charge in [0.25, 0.3) is 0 Å². The molecular formula is C13H14F2N2O3. The van der Waals surface area contributed by atoms with Gasteiger partial charge in [0.2, 0.25) is 5.91 Å². The fourth-order valence-electron chi connectivity index (χ4n) is 2.11. The van der Waals surface area contributed by atoms with E-state index in [2.05, 4.69) is 5.32 Å². The summed E-state index contributed by atoms with van der Waals surface area (Å²) < 4.78 is 27.2. The summed E-state index contributed by atoms with van der Waals surface area (Å²) in [6.07, 6.45) is 1.86. The zero-order chi connectivity index (χ0) is 14.7. The zero-order valence-electron chi connectivity index (χ0n) is 10.7. The molecule has 0 spiro atoms. The largest absolute Gasteiger partial charge is 0.478 e. The van der Waals surface area contributed by atoms with Crippen molar-refractivity contribution in [3.8, 4) is 0 Å². The first-order valence-electron chi connectivity index (χ1n) is 6.23. The molecule has 108 valence electrons. The Labute approximate surface area is 114 Å². The SMILES string of the molecule is O=C(O)c1cc(F)c(NCC(=O)N2CCCC2)c(F)c1. The molecule has 1 aliphatic heterocycles. The molecule has 0 bridgehead atoms.